The fourth-order valence-electron chi connectivity index (χ4n) is 3.61. The average molecular weight is 498 g/mol. The highest BCUT2D eigenvalue weighted by Crippen LogP contribution is 2.24. The molecule has 0 aliphatic carbocycles. The summed E-state index contributed by atoms with van der Waals surface area (Å²) < 4.78 is 0. The van der Waals surface area contributed by atoms with E-state index in [1.165, 1.54) is 0 Å². The van der Waals surface area contributed by atoms with Gasteiger partial charge < -0.3 is 16.0 Å². The second kappa shape index (κ2) is 11.8. The van der Waals surface area contributed by atoms with Crippen LogP contribution in [-0.4, -0.2) is 42.5 Å². The van der Waals surface area contributed by atoms with Gasteiger partial charge in [0.2, 0.25) is 5.91 Å². The molecule has 0 radical (unpaired) electrons. The van der Waals surface area contributed by atoms with Crippen LogP contribution in [0.3, 0.4) is 0 Å². The van der Waals surface area contributed by atoms with Gasteiger partial charge in [0.15, 0.2) is 0 Å². The molecule has 32 heavy (non-hydrogen) atoms. The molecular weight excluding hydrogens is 471 g/mol. The van der Waals surface area contributed by atoms with E-state index in [0.717, 1.165) is 38.0 Å². The predicted molar refractivity (Wildman–Crippen MR) is 131 cm³/mol. The summed E-state index contributed by atoms with van der Waals surface area (Å²) >= 11 is 17.9. The molecule has 1 fully saturated rings. The van der Waals surface area contributed by atoms with Crippen molar-refractivity contribution in [3.05, 3.63) is 63.1 Å². The Balaban J connectivity index is 1.35. The number of carbonyl (C=O) groups is 2. The summed E-state index contributed by atoms with van der Waals surface area (Å²) in [5.74, 6) is 0.216. The van der Waals surface area contributed by atoms with E-state index in [4.69, 9.17) is 34.8 Å². The van der Waals surface area contributed by atoms with Gasteiger partial charge in [-0.1, -0.05) is 40.9 Å². The van der Waals surface area contributed by atoms with E-state index in [1.54, 1.807) is 31.2 Å². The fourth-order valence-corrected chi connectivity index (χ4v) is 4.05. The molecular formula is C23H27Cl3N4O2. The number of urea groups is 1. The minimum Gasteiger partial charge on any atom is -0.354 e. The van der Waals surface area contributed by atoms with Crippen molar-refractivity contribution in [3.8, 4) is 0 Å². The highest BCUT2D eigenvalue weighted by atomic mass is 35.5. The monoisotopic (exact) mass is 496 g/mol. The molecule has 9 heteroatoms. The summed E-state index contributed by atoms with van der Waals surface area (Å²) in [5, 5.41) is 10.0. The van der Waals surface area contributed by atoms with Crippen LogP contribution in [0.5, 0.6) is 0 Å². The molecule has 0 unspecified atom stereocenters. The van der Waals surface area contributed by atoms with Gasteiger partial charge in [-0.3, -0.25) is 9.69 Å². The van der Waals surface area contributed by atoms with Gasteiger partial charge in [0.05, 0.1) is 10.0 Å². The number of hydrogen-bond acceptors (Lipinski definition) is 3. The van der Waals surface area contributed by atoms with Crippen LogP contribution in [0.4, 0.5) is 10.5 Å². The third-order valence-corrected chi connectivity index (χ3v) is 6.50. The Bertz CT molecular complexity index is 931. The first-order valence-electron chi connectivity index (χ1n) is 10.6. The molecule has 1 heterocycles. The number of anilines is 1. The van der Waals surface area contributed by atoms with Crippen LogP contribution < -0.4 is 16.0 Å². The molecule has 0 aromatic heterocycles. The van der Waals surface area contributed by atoms with Gasteiger partial charge in [-0.25, -0.2) is 4.79 Å². The molecule has 1 atom stereocenters. The molecule has 3 rings (SSSR count). The van der Waals surface area contributed by atoms with Crippen LogP contribution in [0.25, 0.3) is 0 Å². The second-order valence-electron chi connectivity index (χ2n) is 8.04. The van der Waals surface area contributed by atoms with Gasteiger partial charge in [-0.15, -0.1) is 0 Å². The van der Waals surface area contributed by atoms with Crippen molar-refractivity contribution in [2.45, 2.75) is 32.4 Å². The van der Waals surface area contributed by atoms with E-state index >= 15 is 0 Å². The summed E-state index contributed by atoms with van der Waals surface area (Å²) in [5.41, 5.74) is 1.75. The molecule has 1 aliphatic heterocycles. The average Bonchev–Trinajstić information content (AvgIpc) is 2.77. The summed E-state index contributed by atoms with van der Waals surface area (Å²) in [4.78, 5) is 26.8. The minimum absolute atomic E-state index is 0.200. The van der Waals surface area contributed by atoms with Crippen molar-refractivity contribution in [3.63, 3.8) is 0 Å². The Morgan fingerprint density at radius 1 is 1.03 bits per heavy atom. The first kappa shape index (κ1) is 24.6. The van der Waals surface area contributed by atoms with Crippen LogP contribution in [0, 0.1) is 5.92 Å². The Labute approximate surface area is 203 Å². The summed E-state index contributed by atoms with van der Waals surface area (Å²) in [6, 6.07) is 11.4. The molecule has 0 bridgehead atoms. The number of rotatable bonds is 7. The van der Waals surface area contributed by atoms with Crippen molar-refractivity contribution in [1.82, 2.24) is 15.5 Å². The zero-order chi connectivity index (χ0) is 23.1. The van der Waals surface area contributed by atoms with E-state index in [-0.39, 0.29) is 5.91 Å². The highest BCUT2D eigenvalue weighted by Gasteiger charge is 2.22. The van der Waals surface area contributed by atoms with Crippen molar-refractivity contribution < 1.29 is 9.59 Å². The van der Waals surface area contributed by atoms with Crippen molar-refractivity contribution in [2.75, 3.05) is 25.0 Å². The molecule has 0 spiro atoms. The predicted octanol–water partition coefficient (Wildman–Crippen LogP) is 5.19. The molecule has 6 nitrogen and oxygen atoms in total. The minimum atomic E-state index is -0.642. The van der Waals surface area contributed by atoms with Crippen LogP contribution >= 0.6 is 34.8 Å². The summed E-state index contributed by atoms with van der Waals surface area (Å²) in [6.45, 7) is 5.01. The van der Waals surface area contributed by atoms with Crippen LogP contribution in [-0.2, 0) is 11.3 Å². The van der Waals surface area contributed by atoms with Crippen LogP contribution in [0.2, 0.25) is 15.1 Å². The van der Waals surface area contributed by atoms with Crippen LogP contribution in [0.15, 0.2) is 42.5 Å². The number of hydrogen-bond donors (Lipinski definition) is 3. The largest absolute Gasteiger partial charge is 0.354 e. The first-order chi connectivity index (χ1) is 15.3. The standard InChI is InChI=1S/C23H27Cl3N4O2/c1-15(28-23(32)29-19-5-3-18(24)4-6-19)22(31)27-13-16-8-10-30(11-9-16)14-17-2-7-20(25)21(26)12-17/h2-7,12,15-16H,8-11,13-14H2,1H3,(H,27,31)(H2,28,29,32)/t15-/m0/s1. The third kappa shape index (κ3) is 7.55. The molecule has 1 saturated heterocycles. The van der Waals surface area contributed by atoms with Gasteiger partial charge >= 0.3 is 6.03 Å². The zero-order valence-electron chi connectivity index (χ0n) is 17.8. The fraction of sp³-hybridized carbons (Fsp3) is 0.391. The van der Waals surface area contributed by atoms with Crippen molar-refractivity contribution >= 4 is 52.4 Å². The molecule has 1 aliphatic rings. The summed E-state index contributed by atoms with van der Waals surface area (Å²) in [7, 11) is 0. The topological polar surface area (TPSA) is 73.5 Å². The number of piperidine rings is 1. The molecule has 3 N–H and O–H groups in total. The molecule has 2 aromatic carbocycles. The Morgan fingerprint density at radius 3 is 2.38 bits per heavy atom. The van der Waals surface area contributed by atoms with E-state index in [2.05, 4.69) is 20.9 Å². The first-order valence-corrected chi connectivity index (χ1v) is 11.7. The lowest BCUT2D eigenvalue weighted by atomic mass is 9.96. The normalized spacial score (nSPS) is 15.8. The van der Waals surface area contributed by atoms with Crippen molar-refractivity contribution in [2.24, 2.45) is 5.92 Å². The highest BCUT2D eigenvalue weighted by molar-refractivity contribution is 6.42. The Hall–Kier alpha value is -1.99. The number of nitrogens with zero attached hydrogens (tertiary/aromatic N) is 1. The van der Waals surface area contributed by atoms with E-state index in [9.17, 15) is 9.59 Å². The zero-order valence-corrected chi connectivity index (χ0v) is 20.1. The van der Waals surface area contributed by atoms with E-state index in [0.29, 0.717) is 33.2 Å². The maximum Gasteiger partial charge on any atom is 0.319 e. The number of benzene rings is 2. The number of carbonyl (C=O) groups excluding carboxylic acids is 2. The molecule has 2 aromatic rings. The maximum absolute atomic E-state index is 12.4. The lowest BCUT2D eigenvalue weighted by Gasteiger charge is -2.32. The van der Waals surface area contributed by atoms with Gasteiger partial charge in [0, 0.05) is 23.8 Å². The van der Waals surface area contributed by atoms with Crippen LogP contribution in [0.1, 0.15) is 25.3 Å². The molecule has 0 saturated carbocycles. The lowest BCUT2D eigenvalue weighted by Crippen LogP contribution is -2.48. The summed E-state index contributed by atoms with van der Waals surface area (Å²) in [6.07, 6.45) is 2.00. The Kier molecular flexibility index (Phi) is 9.05. The number of nitrogens with one attached hydrogen (secondary N) is 3. The van der Waals surface area contributed by atoms with Gasteiger partial charge in [-0.05, 0) is 80.7 Å². The number of likely N-dealkylation sites (tertiary alicyclic amines) is 1. The van der Waals surface area contributed by atoms with Crippen molar-refractivity contribution in [1.29, 1.82) is 0 Å². The second-order valence-corrected chi connectivity index (χ2v) is 9.29. The molecule has 172 valence electrons. The third-order valence-electron chi connectivity index (χ3n) is 5.51. The smallest absolute Gasteiger partial charge is 0.319 e. The van der Waals surface area contributed by atoms with Gasteiger partial charge in [0.25, 0.3) is 0 Å². The quantitative estimate of drug-likeness (QED) is 0.493. The van der Waals surface area contributed by atoms with Gasteiger partial charge in [0.1, 0.15) is 6.04 Å². The SMILES string of the molecule is C[C@H](NC(=O)Nc1ccc(Cl)cc1)C(=O)NCC1CCN(Cc2ccc(Cl)c(Cl)c2)CC1. The number of halogens is 3. The van der Waals surface area contributed by atoms with E-state index in [1.807, 2.05) is 18.2 Å². The Morgan fingerprint density at radius 2 is 1.72 bits per heavy atom. The van der Waals surface area contributed by atoms with Gasteiger partial charge in [-0.2, -0.15) is 0 Å². The van der Waals surface area contributed by atoms with E-state index < -0.39 is 12.1 Å². The maximum atomic E-state index is 12.4. The number of amides is 3. The molecule has 3 amide bonds. The lowest BCUT2D eigenvalue weighted by molar-refractivity contribution is -0.122.